The molecule has 114 valence electrons. The highest BCUT2D eigenvalue weighted by Gasteiger charge is 2.19. The lowest BCUT2D eigenvalue weighted by atomic mass is 10.1. The van der Waals surface area contributed by atoms with Crippen LogP contribution in [0.5, 0.6) is 0 Å². The fraction of sp³-hybridized carbons (Fsp3) is 0.125. The third-order valence-corrected chi connectivity index (χ3v) is 3.52. The van der Waals surface area contributed by atoms with Crippen molar-refractivity contribution in [2.75, 3.05) is 11.9 Å². The maximum absolute atomic E-state index is 11.7. The first-order chi connectivity index (χ1) is 10.6. The predicted octanol–water partition coefficient (Wildman–Crippen LogP) is 2.66. The summed E-state index contributed by atoms with van der Waals surface area (Å²) in [6.45, 7) is -0.468. The van der Waals surface area contributed by atoms with Crippen molar-refractivity contribution in [3.05, 3.63) is 64.6 Å². The van der Waals surface area contributed by atoms with E-state index in [9.17, 15) is 14.7 Å². The molecule has 6 heteroatoms. The van der Waals surface area contributed by atoms with Gasteiger partial charge in [0.25, 0.3) is 5.91 Å². The fourth-order valence-electron chi connectivity index (χ4n) is 1.74. The molecule has 0 heterocycles. The molecule has 0 aromatic heterocycles. The Hall–Kier alpha value is -2.18. The number of nitrogens with one attached hydrogen (secondary N) is 1. The molecule has 0 spiro atoms. The molecule has 0 saturated heterocycles. The van der Waals surface area contributed by atoms with Crippen molar-refractivity contribution < 1.29 is 19.4 Å². The van der Waals surface area contributed by atoms with Gasteiger partial charge in [0, 0.05) is 4.47 Å². The van der Waals surface area contributed by atoms with Gasteiger partial charge in [-0.15, -0.1) is 0 Å². The second-order valence-electron chi connectivity index (χ2n) is 4.45. The van der Waals surface area contributed by atoms with Gasteiger partial charge in [0.05, 0.1) is 5.69 Å². The van der Waals surface area contributed by atoms with Gasteiger partial charge in [-0.1, -0.05) is 42.5 Å². The summed E-state index contributed by atoms with van der Waals surface area (Å²) >= 11 is 3.30. The molecule has 2 aromatic carbocycles. The molecule has 1 atom stereocenters. The first kappa shape index (κ1) is 16.2. The van der Waals surface area contributed by atoms with Crippen LogP contribution in [0, 0.1) is 0 Å². The predicted molar refractivity (Wildman–Crippen MR) is 85.1 cm³/mol. The quantitative estimate of drug-likeness (QED) is 0.800. The van der Waals surface area contributed by atoms with Crippen molar-refractivity contribution in [3.8, 4) is 0 Å². The topological polar surface area (TPSA) is 75.6 Å². The van der Waals surface area contributed by atoms with Gasteiger partial charge in [0.1, 0.15) is 0 Å². The highest BCUT2D eigenvalue weighted by atomic mass is 79.9. The van der Waals surface area contributed by atoms with E-state index in [4.69, 9.17) is 4.74 Å². The molecule has 0 aliphatic carbocycles. The third kappa shape index (κ3) is 4.41. The van der Waals surface area contributed by atoms with Crippen LogP contribution in [0.2, 0.25) is 0 Å². The van der Waals surface area contributed by atoms with E-state index >= 15 is 0 Å². The SMILES string of the molecule is O=C(COC(=O)[C@H](O)c1ccccc1)Nc1ccccc1Br. The summed E-state index contributed by atoms with van der Waals surface area (Å²) in [6.07, 6.45) is -1.41. The number of rotatable bonds is 5. The molecule has 22 heavy (non-hydrogen) atoms. The average molecular weight is 364 g/mol. The number of aliphatic hydroxyl groups is 1. The molecule has 0 radical (unpaired) electrons. The second kappa shape index (κ2) is 7.72. The van der Waals surface area contributed by atoms with Gasteiger partial charge in [-0.25, -0.2) is 4.79 Å². The zero-order valence-electron chi connectivity index (χ0n) is 11.5. The smallest absolute Gasteiger partial charge is 0.340 e. The van der Waals surface area contributed by atoms with Crippen molar-refractivity contribution >= 4 is 33.5 Å². The lowest BCUT2D eigenvalue weighted by Crippen LogP contribution is -2.24. The van der Waals surface area contributed by atoms with Crippen molar-refractivity contribution in [1.82, 2.24) is 0 Å². The van der Waals surface area contributed by atoms with Crippen LogP contribution in [-0.4, -0.2) is 23.6 Å². The van der Waals surface area contributed by atoms with Gasteiger partial charge in [-0.2, -0.15) is 0 Å². The Bertz CT molecular complexity index is 660. The third-order valence-electron chi connectivity index (χ3n) is 2.83. The van der Waals surface area contributed by atoms with Crippen molar-refractivity contribution in [2.45, 2.75) is 6.10 Å². The van der Waals surface area contributed by atoms with Gasteiger partial charge in [0.15, 0.2) is 12.7 Å². The van der Waals surface area contributed by atoms with Crippen molar-refractivity contribution in [1.29, 1.82) is 0 Å². The number of hydrogen-bond donors (Lipinski definition) is 2. The number of hydrogen-bond acceptors (Lipinski definition) is 4. The Morgan fingerprint density at radius 1 is 1.09 bits per heavy atom. The Balaban J connectivity index is 1.86. The summed E-state index contributed by atoms with van der Waals surface area (Å²) in [5.41, 5.74) is 0.992. The summed E-state index contributed by atoms with van der Waals surface area (Å²) in [5.74, 6) is -1.35. The number of para-hydroxylation sites is 1. The van der Waals surface area contributed by atoms with Gasteiger partial charge in [-0.05, 0) is 33.6 Å². The number of anilines is 1. The number of aliphatic hydroxyl groups excluding tert-OH is 1. The van der Waals surface area contributed by atoms with E-state index in [0.29, 0.717) is 11.3 Å². The van der Waals surface area contributed by atoms with E-state index in [0.717, 1.165) is 4.47 Å². The lowest BCUT2D eigenvalue weighted by Gasteiger charge is -2.11. The first-order valence-electron chi connectivity index (χ1n) is 6.52. The Morgan fingerprint density at radius 2 is 1.73 bits per heavy atom. The van der Waals surface area contributed by atoms with Gasteiger partial charge in [-0.3, -0.25) is 4.79 Å². The molecule has 0 bridgehead atoms. The van der Waals surface area contributed by atoms with Crippen molar-refractivity contribution in [2.24, 2.45) is 0 Å². The minimum atomic E-state index is -1.41. The number of amides is 1. The Morgan fingerprint density at radius 3 is 2.41 bits per heavy atom. The maximum Gasteiger partial charge on any atom is 0.340 e. The van der Waals surface area contributed by atoms with E-state index in [-0.39, 0.29) is 0 Å². The van der Waals surface area contributed by atoms with Crippen LogP contribution in [0.4, 0.5) is 5.69 Å². The minimum Gasteiger partial charge on any atom is -0.453 e. The van der Waals surface area contributed by atoms with E-state index < -0.39 is 24.6 Å². The van der Waals surface area contributed by atoms with Crippen LogP contribution in [0.3, 0.4) is 0 Å². The molecule has 0 fully saturated rings. The van der Waals surface area contributed by atoms with E-state index in [1.54, 1.807) is 48.5 Å². The molecule has 0 aliphatic heterocycles. The molecule has 2 rings (SSSR count). The average Bonchev–Trinajstić information content (AvgIpc) is 2.55. The summed E-state index contributed by atoms with van der Waals surface area (Å²) in [7, 11) is 0. The highest BCUT2D eigenvalue weighted by molar-refractivity contribution is 9.10. The van der Waals surface area contributed by atoms with Crippen LogP contribution in [-0.2, 0) is 14.3 Å². The molecule has 5 nitrogen and oxygen atoms in total. The fourth-order valence-corrected chi connectivity index (χ4v) is 2.12. The van der Waals surface area contributed by atoms with Crippen LogP contribution in [0.1, 0.15) is 11.7 Å². The lowest BCUT2D eigenvalue weighted by molar-refractivity contribution is -0.156. The molecular formula is C16H14BrNO4. The Labute approximate surface area is 136 Å². The van der Waals surface area contributed by atoms with E-state index in [2.05, 4.69) is 21.2 Å². The number of carbonyl (C=O) groups is 2. The van der Waals surface area contributed by atoms with Crippen LogP contribution < -0.4 is 5.32 Å². The van der Waals surface area contributed by atoms with Crippen LogP contribution >= 0.6 is 15.9 Å². The minimum absolute atomic E-state index is 0.415. The zero-order chi connectivity index (χ0) is 15.9. The summed E-state index contributed by atoms with van der Waals surface area (Å²) in [5, 5.41) is 12.4. The van der Waals surface area contributed by atoms with Crippen LogP contribution in [0.15, 0.2) is 59.1 Å². The number of benzene rings is 2. The number of esters is 1. The van der Waals surface area contributed by atoms with Gasteiger partial charge < -0.3 is 15.2 Å². The molecule has 2 N–H and O–H groups in total. The molecule has 0 aliphatic rings. The van der Waals surface area contributed by atoms with Crippen LogP contribution in [0.25, 0.3) is 0 Å². The zero-order valence-corrected chi connectivity index (χ0v) is 13.1. The van der Waals surface area contributed by atoms with E-state index in [1.165, 1.54) is 0 Å². The number of halogens is 1. The monoisotopic (exact) mass is 363 g/mol. The van der Waals surface area contributed by atoms with Gasteiger partial charge >= 0.3 is 5.97 Å². The molecule has 0 unspecified atom stereocenters. The normalized spacial score (nSPS) is 11.5. The standard InChI is InChI=1S/C16H14BrNO4/c17-12-8-4-5-9-13(12)18-14(19)10-22-16(21)15(20)11-6-2-1-3-7-11/h1-9,15,20H,10H2,(H,18,19)/t15-/m1/s1. The summed E-state index contributed by atoms with van der Waals surface area (Å²) < 4.78 is 5.54. The van der Waals surface area contributed by atoms with E-state index in [1.807, 2.05) is 6.07 Å². The molecule has 2 aromatic rings. The Kier molecular flexibility index (Phi) is 5.68. The highest BCUT2D eigenvalue weighted by Crippen LogP contribution is 2.21. The molecule has 1 amide bonds. The van der Waals surface area contributed by atoms with Gasteiger partial charge in [0.2, 0.25) is 0 Å². The molecule has 0 saturated carbocycles. The molecular weight excluding hydrogens is 350 g/mol. The first-order valence-corrected chi connectivity index (χ1v) is 7.31. The largest absolute Gasteiger partial charge is 0.453 e. The van der Waals surface area contributed by atoms with Crippen molar-refractivity contribution in [3.63, 3.8) is 0 Å². The number of ether oxygens (including phenoxy) is 1. The second-order valence-corrected chi connectivity index (χ2v) is 5.30. The summed E-state index contributed by atoms with van der Waals surface area (Å²) in [4.78, 5) is 23.4. The number of carbonyl (C=O) groups excluding carboxylic acids is 2. The maximum atomic E-state index is 11.7. The summed E-state index contributed by atoms with van der Waals surface area (Å²) in [6, 6.07) is 15.5.